The maximum Gasteiger partial charge on any atom is 0.273 e. The topological polar surface area (TPSA) is 37.4 Å². The molecule has 1 aliphatic rings. The van der Waals surface area contributed by atoms with Crippen molar-refractivity contribution < 1.29 is 9.59 Å². The van der Waals surface area contributed by atoms with Crippen LogP contribution in [0, 0.1) is 13.8 Å². The molecule has 1 heterocycles. The van der Waals surface area contributed by atoms with E-state index in [1.165, 1.54) is 29.6 Å². The van der Waals surface area contributed by atoms with E-state index < -0.39 is 11.8 Å². The molecule has 0 radical (unpaired) electrons. The lowest BCUT2D eigenvalue weighted by molar-refractivity contribution is -0.120. The van der Waals surface area contributed by atoms with Gasteiger partial charge in [-0.15, -0.1) is 0 Å². The number of amides is 2. The predicted octanol–water partition coefficient (Wildman–Crippen LogP) is 7.28. The number of carbonyl (C=O) groups is 2. The molecule has 1 aliphatic heterocycles. The fourth-order valence-electron chi connectivity index (χ4n) is 2.99. The van der Waals surface area contributed by atoms with Crippen LogP contribution in [0.15, 0.2) is 86.3 Å². The number of hydrogen-bond acceptors (Lipinski definition) is 4. The zero-order valence-electron chi connectivity index (χ0n) is 16.7. The lowest BCUT2D eigenvalue weighted by atomic mass is 10.2. The molecule has 3 aromatic rings. The Morgan fingerprint density at radius 2 is 1.13 bits per heavy atom. The normalized spacial score (nSPS) is 14.0. The second kappa shape index (κ2) is 9.13. The fourth-order valence-corrected chi connectivity index (χ4v) is 5.35. The molecule has 3 aromatic carbocycles. The molecule has 156 valence electrons. The van der Waals surface area contributed by atoms with Crippen LogP contribution in [0.2, 0.25) is 10.0 Å². The molecule has 2 amide bonds. The summed E-state index contributed by atoms with van der Waals surface area (Å²) in [7, 11) is 0. The standard InChI is InChI=1S/C24H17Cl2NO2S2/c1-14-3-8-17(9-4-14)30-21-22(31-18-10-5-15(2)6-11-18)24(29)27(23(21)28)20-13-16(25)7-12-19(20)26/h3-13H,1-2H3. The molecule has 0 spiro atoms. The molecular weight excluding hydrogens is 469 g/mol. The highest BCUT2D eigenvalue weighted by Crippen LogP contribution is 2.45. The Hall–Kier alpha value is -2.18. The molecule has 7 heteroatoms. The number of benzene rings is 3. The smallest absolute Gasteiger partial charge is 0.268 e. The number of nitrogens with zero attached hydrogens (tertiary/aromatic N) is 1. The van der Waals surface area contributed by atoms with E-state index in [1.54, 1.807) is 12.1 Å². The van der Waals surface area contributed by atoms with Gasteiger partial charge < -0.3 is 0 Å². The third-order valence-corrected chi connectivity index (χ3v) is 7.50. The SMILES string of the molecule is Cc1ccc(SC2=C(Sc3ccc(C)cc3)C(=O)N(c3cc(Cl)ccc3Cl)C2=O)cc1. The average molecular weight is 486 g/mol. The highest BCUT2D eigenvalue weighted by molar-refractivity contribution is 8.08. The zero-order valence-corrected chi connectivity index (χ0v) is 19.8. The minimum atomic E-state index is -0.408. The Balaban J connectivity index is 1.77. The number of hydrogen-bond donors (Lipinski definition) is 0. The van der Waals surface area contributed by atoms with Gasteiger partial charge in [-0.1, -0.05) is 82.1 Å². The van der Waals surface area contributed by atoms with Crippen molar-refractivity contribution in [2.75, 3.05) is 4.90 Å². The first-order chi connectivity index (χ1) is 14.8. The van der Waals surface area contributed by atoms with Crippen LogP contribution in [0.4, 0.5) is 5.69 Å². The van der Waals surface area contributed by atoms with Crippen molar-refractivity contribution in [1.82, 2.24) is 0 Å². The number of anilines is 1. The van der Waals surface area contributed by atoms with E-state index in [1.807, 2.05) is 62.4 Å². The Bertz CT molecular complexity index is 1140. The van der Waals surface area contributed by atoms with Crippen molar-refractivity contribution in [1.29, 1.82) is 0 Å². The molecule has 0 aromatic heterocycles. The first-order valence-electron chi connectivity index (χ1n) is 9.40. The van der Waals surface area contributed by atoms with Crippen LogP contribution in [0.5, 0.6) is 0 Å². The second-order valence-electron chi connectivity index (χ2n) is 7.03. The van der Waals surface area contributed by atoms with E-state index in [4.69, 9.17) is 23.2 Å². The summed E-state index contributed by atoms with van der Waals surface area (Å²) in [5, 5.41) is 0.680. The molecule has 0 atom stereocenters. The molecule has 0 saturated carbocycles. The summed E-state index contributed by atoms with van der Waals surface area (Å²) in [6, 6.07) is 20.4. The van der Waals surface area contributed by atoms with Crippen LogP contribution >= 0.6 is 46.7 Å². The largest absolute Gasteiger partial charge is 0.273 e. The molecule has 0 bridgehead atoms. The summed E-state index contributed by atoms with van der Waals surface area (Å²) in [6.07, 6.45) is 0. The van der Waals surface area contributed by atoms with E-state index in [0.717, 1.165) is 25.8 Å². The van der Waals surface area contributed by atoms with Gasteiger partial charge in [-0.05, 0) is 56.3 Å². The number of imide groups is 1. The van der Waals surface area contributed by atoms with E-state index in [-0.39, 0.29) is 10.7 Å². The molecule has 0 aliphatic carbocycles. The van der Waals surface area contributed by atoms with Crippen LogP contribution in [-0.2, 0) is 9.59 Å². The maximum atomic E-state index is 13.4. The summed E-state index contributed by atoms with van der Waals surface area (Å²) in [4.78, 5) is 30.4. The van der Waals surface area contributed by atoms with Crippen molar-refractivity contribution in [2.24, 2.45) is 0 Å². The van der Waals surface area contributed by atoms with Crippen molar-refractivity contribution in [3.05, 3.63) is 97.7 Å². The van der Waals surface area contributed by atoms with Gasteiger partial charge in [0.2, 0.25) is 0 Å². The van der Waals surface area contributed by atoms with Crippen molar-refractivity contribution in [3.63, 3.8) is 0 Å². The molecule has 0 unspecified atom stereocenters. The first kappa shape index (κ1) is 22.0. The van der Waals surface area contributed by atoms with Crippen LogP contribution in [0.1, 0.15) is 11.1 Å². The Kier molecular flexibility index (Phi) is 6.49. The summed E-state index contributed by atoms with van der Waals surface area (Å²) >= 11 is 15.0. The van der Waals surface area contributed by atoms with Crippen LogP contribution < -0.4 is 4.90 Å². The molecule has 3 nitrogen and oxygen atoms in total. The number of halogens is 2. The van der Waals surface area contributed by atoms with E-state index in [9.17, 15) is 9.59 Å². The van der Waals surface area contributed by atoms with Gasteiger partial charge in [0.1, 0.15) is 0 Å². The van der Waals surface area contributed by atoms with Gasteiger partial charge in [-0.3, -0.25) is 9.59 Å². The second-order valence-corrected chi connectivity index (χ2v) is 10.0. The number of thioether (sulfide) groups is 2. The summed E-state index contributed by atoms with van der Waals surface area (Å²) in [5.74, 6) is -0.816. The van der Waals surface area contributed by atoms with Gasteiger partial charge in [0.15, 0.2) is 0 Å². The first-order valence-corrected chi connectivity index (χ1v) is 11.8. The van der Waals surface area contributed by atoms with Crippen molar-refractivity contribution in [3.8, 4) is 0 Å². The summed E-state index contributed by atoms with van der Waals surface area (Å²) in [5.41, 5.74) is 2.52. The molecule has 31 heavy (non-hydrogen) atoms. The summed E-state index contributed by atoms with van der Waals surface area (Å²) in [6.45, 7) is 4.00. The van der Waals surface area contributed by atoms with Gasteiger partial charge in [-0.2, -0.15) is 0 Å². The van der Waals surface area contributed by atoms with Gasteiger partial charge in [0.25, 0.3) is 11.8 Å². The van der Waals surface area contributed by atoms with Gasteiger partial charge in [0, 0.05) is 14.8 Å². The minimum absolute atomic E-state index is 0.283. The van der Waals surface area contributed by atoms with Crippen LogP contribution in [-0.4, -0.2) is 11.8 Å². The van der Waals surface area contributed by atoms with Crippen LogP contribution in [0.3, 0.4) is 0 Å². The van der Waals surface area contributed by atoms with Gasteiger partial charge in [0.05, 0.1) is 20.5 Å². The Morgan fingerprint density at radius 1 is 0.677 bits per heavy atom. The quantitative estimate of drug-likeness (QED) is 0.355. The number of carbonyl (C=O) groups excluding carboxylic acids is 2. The third-order valence-electron chi connectivity index (χ3n) is 4.63. The van der Waals surface area contributed by atoms with Crippen molar-refractivity contribution in [2.45, 2.75) is 23.6 Å². The number of rotatable bonds is 5. The molecule has 4 rings (SSSR count). The van der Waals surface area contributed by atoms with Crippen molar-refractivity contribution >= 4 is 64.2 Å². The number of aryl methyl sites for hydroxylation is 2. The van der Waals surface area contributed by atoms with E-state index >= 15 is 0 Å². The average Bonchev–Trinajstić information content (AvgIpc) is 2.97. The third kappa shape index (κ3) is 4.70. The van der Waals surface area contributed by atoms with E-state index in [0.29, 0.717) is 14.8 Å². The molecular formula is C24H17Cl2NO2S2. The minimum Gasteiger partial charge on any atom is -0.268 e. The highest BCUT2D eigenvalue weighted by atomic mass is 35.5. The summed E-state index contributed by atoms with van der Waals surface area (Å²) < 4.78 is 0. The van der Waals surface area contributed by atoms with Gasteiger partial charge in [-0.25, -0.2) is 4.90 Å². The monoisotopic (exact) mass is 485 g/mol. The molecule has 0 fully saturated rings. The Labute approximate surface area is 199 Å². The lowest BCUT2D eigenvalue weighted by Gasteiger charge is -2.17. The lowest BCUT2D eigenvalue weighted by Crippen LogP contribution is -2.31. The fraction of sp³-hybridized carbons (Fsp3) is 0.0833. The zero-order chi connectivity index (χ0) is 22.1. The van der Waals surface area contributed by atoms with E-state index in [2.05, 4.69) is 0 Å². The molecule has 0 N–H and O–H groups in total. The molecule has 0 saturated heterocycles. The highest BCUT2D eigenvalue weighted by Gasteiger charge is 2.41. The van der Waals surface area contributed by atoms with Crippen LogP contribution in [0.25, 0.3) is 0 Å². The van der Waals surface area contributed by atoms with Gasteiger partial charge >= 0.3 is 0 Å². The maximum absolute atomic E-state index is 13.4. The predicted molar refractivity (Wildman–Crippen MR) is 130 cm³/mol. The Morgan fingerprint density at radius 3 is 1.58 bits per heavy atom.